The topological polar surface area (TPSA) is 61.8 Å². The minimum atomic E-state index is -0.381. The van der Waals surface area contributed by atoms with Crippen molar-refractivity contribution >= 4 is 0 Å². The lowest BCUT2D eigenvalue weighted by atomic mass is 10.1. The van der Waals surface area contributed by atoms with Crippen LogP contribution in [0.2, 0.25) is 0 Å². The number of aliphatic hydroxyl groups excluding tert-OH is 1. The summed E-state index contributed by atoms with van der Waals surface area (Å²) in [6, 6.07) is 7.89. The molecule has 1 atom stereocenters. The molecule has 2 aromatic heterocycles. The molecule has 1 aliphatic rings. The molecule has 0 fully saturated rings. The fourth-order valence-corrected chi connectivity index (χ4v) is 2.37. The van der Waals surface area contributed by atoms with Gasteiger partial charge in [0.15, 0.2) is 0 Å². The summed E-state index contributed by atoms with van der Waals surface area (Å²) in [4.78, 5) is 4.08. The van der Waals surface area contributed by atoms with Gasteiger partial charge in [-0.15, -0.1) is 0 Å². The largest absolute Gasteiger partial charge is 0.391 e. The van der Waals surface area contributed by atoms with Crippen LogP contribution in [0.15, 0.2) is 30.6 Å². The quantitative estimate of drug-likeness (QED) is 0.796. The zero-order valence-corrected chi connectivity index (χ0v) is 9.17. The molecule has 0 aliphatic carbocycles. The molecule has 0 radical (unpaired) electrons. The Hall–Kier alpha value is -2.12. The lowest BCUT2D eigenvalue weighted by Gasteiger charge is -2.06. The van der Waals surface area contributed by atoms with Crippen molar-refractivity contribution in [1.29, 1.82) is 5.26 Å². The molecule has 3 rings (SSSR count). The Balaban J connectivity index is 2.18. The number of aliphatic hydroxyl groups is 1. The van der Waals surface area contributed by atoms with Gasteiger partial charge in [-0.2, -0.15) is 5.26 Å². The Morgan fingerprint density at radius 2 is 2.41 bits per heavy atom. The van der Waals surface area contributed by atoms with E-state index in [2.05, 4.69) is 11.1 Å². The average molecular weight is 225 g/mol. The molecular weight excluding hydrogens is 214 g/mol. The maximum Gasteiger partial charge on any atom is 0.101 e. The van der Waals surface area contributed by atoms with Gasteiger partial charge in [-0.1, -0.05) is 0 Å². The predicted octanol–water partition coefficient (Wildman–Crippen LogP) is 1.34. The number of hydrogen-bond acceptors (Lipinski definition) is 3. The first-order valence-electron chi connectivity index (χ1n) is 5.50. The van der Waals surface area contributed by atoms with Gasteiger partial charge < -0.3 is 9.67 Å². The lowest BCUT2D eigenvalue weighted by molar-refractivity contribution is 0.176. The Morgan fingerprint density at radius 1 is 1.53 bits per heavy atom. The van der Waals surface area contributed by atoms with E-state index in [0.29, 0.717) is 18.5 Å². The molecule has 17 heavy (non-hydrogen) atoms. The van der Waals surface area contributed by atoms with E-state index in [1.54, 1.807) is 12.4 Å². The van der Waals surface area contributed by atoms with Crippen LogP contribution in [0.1, 0.15) is 11.3 Å². The highest BCUT2D eigenvalue weighted by Gasteiger charge is 2.25. The summed E-state index contributed by atoms with van der Waals surface area (Å²) < 4.78 is 2.01. The molecule has 1 N–H and O–H groups in total. The highest BCUT2D eigenvalue weighted by molar-refractivity contribution is 5.64. The molecular formula is C13H11N3O. The third-order valence-corrected chi connectivity index (χ3v) is 3.11. The number of pyridine rings is 1. The van der Waals surface area contributed by atoms with Crippen molar-refractivity contribution in [2.24, 2.45) is 0 Å². The van der Waals surface area contributed by atoms with E-state index in [0.717, 1.165) is 17.0 Å². The number of rotatable bonds is 1. The van der Waals surface area contributed by atoms with Crippen LogP contribution in [-0.2, 0) is 13.0 Å². The first-order valence-corrected chi connectivity index (χ1v) is 5.50. The van der Waals surface area contributed by atoms with Crippen LogP contribution in [0.5, 0.6) is 0 Å². The van der Waals surface area contributed by atoms with E-state index in [9.17, 15) is 5.11 Å². The van der Waals surface area contributed by atoms with Gasteiger partial charge in [0.1, 0.15) is 6.07 Å². The monoisotopic (exact) mass is 225 g/mol. The van der Waals surface area contributed by atoms with Crippen LogP contribution in [0.25, 0.3) is 11.3 Å². The summed E-state index contributed by atoms with van der Waals surface area (Å²) in [5.74, 6) is 0. The fraction of sp³-hybridized carbons (Fsp3) is 0.231. The molecule has 0 spiro atoms. The van der Waals surface area contributed by atoms with E-state index in [4.69, 9.17) is 5.26 Å². The van der Waals surface area contributed by atoms with Crippen LogP contribution >= 0.6 is 0 Å². The van der Waals surface area contributed by atoms with Crippen molar-refractivity contribution < 1.29 is 5.11 Å². The molecule has 0 saturated carbocycles. The number of fused-ring (bicyclic) bond motifs is 1. The van der Waals surface area contributed by atoms with Gasteiger partial charge in [-0.3, -0.25) is 4.98 Å². The predicted molar refractivity (Wildman–Crippen MR) is 62.1 cm³/mol. The van der Waals surface area contributed by atoms with Crippen LogP contribution < -0.4 is 0 Å². The van der Waals surface area contributed by atoms with Gasteiger partial charge in [0, 0.05) is 36.6 Å². The molecule has 4 nitrogen and oxygen atoms in total. The summed E-state index contributed by atoms with van der Waals surface area (Å²) in [5.41, 5.74) is 3.52. The Morgan fingerprint density at radius 3 is 3.12 bits per heavy atom. The second kappa shape index (κ2) is 3.72. The number of nitriles is 1. The molecule has 3 heterocycles. The normalized spacial score (nSPS) is 17.8. The fourth-order valence-electron chi connectivity index (χ4n) is 2.37. The van der Waals surface area contributed by atoms with E-state index < -0.39 is 0 Å². The van der Waals surface area contributed by atoms with Crippen LogP contribution in [0, 0.1) is 11.3 Å². The Bertz CT molecular complexity index is 595. The van der Waals surface area contributed by atoms with Crippen molar-refractivity contribution in [3.05, 3.63) is 41.9 Å². The second-order valence-corrected chi connectivity index (χ2v) is 4.21. The van der Waals surface area contributed by atoms with E-state index >= 15 is 0 Å². The maximum absolute atomic E-state index is 9.68. The van der Waals surface area contributed by atoms with Gasteiger partial charge in [-0.05, 0) is 18.2 Å². The Kier molecular flexibility index (Phi) is 2.20. The number of hydrogen-bond donors (Lipinski definition) is 1. The summed E-state index contributed by atoms with van der Waals surface area (Å²) in [5, 5.41) is 18.8. The Labute approximate surface area is 98.8 Å². The number of aromatic nitrogens is 2. The highest BCUT2D eigenvalue weighted by atomic mass is 16.3. The third kappa shape index (κ3) is 1.52. The van der Waals surface area contributed by atoms with Crippen LogP contribution in [-0.4, -0.2) is 20.8 Å². The van der Waals surface area contributed by atoms with Gasteiger partial charge in [0.2, 0.25) is 0 Å². The van der Waals surface area contributed by atoms with E-state index in [1.165, 1.54) is 0 Å². The van der Waals surface area contributed by atoms with Gasteiger partial charge in [-0.25, -0.2) is 0 Å². The molecule has 0 aromatic carbocycles. The van der Waals surface area contributed by atoms with Crippen molar-refractivity contribution in [1.82, 2.24) is 9.55 Å². The van der Waals surface area contributed by atoms with Crippen molar-refractivity contribution in [3.63, 3.8) is 0 Å². The maximum atomic E-state index is 9.68. The van der Waals surface area contributed by atoms with Gasteiger partial charge >= 0.3 is 0 Å². The van der Waals surface area contributed by atoms with Crippen molar-refractivity contribution in [3.8, 4) is 17.3 Å². The number of nitrogens with zero attached hydrogens (tertiary/aromatic N) is 3. The molecule has 84 valence electrons. The van der Waals surface area contributed by atoms with Crippen LogP contribution in [0.4, 0.5) is 0 Å². The van der Waals surface area contributed by atoms with Gasteiger partial charge in [0.05, 0.1) is 17.4 Å². The standard InChI is InChI=1S/C13H11N3O/c14-6-10-4-12(9-2-1-3-15-7-9)16-8-11(17)5-13(10)16/h1-4,7,11,17H,5,8H2. The third-order valence-electron chi connectivity index (χ3n) is 3.11. The minimum Gasteiger partial charge on any atom is -0.391 e. The second-order valence-electron chi connectivity index (χ2n) is 4.21. The van der Waals surface area contributed by atoms with Crippen molar-refractivity contribution in [2.75, 3.05) is 0 Å². The average Bonchev–Trinajstić information content (AvgIpc) is 2.87. The van der Waals surface area contributed by atoms with E-state index in [1.807, 2.05) is 22.8 Å². The SMILES string of the molecule is N#Cc1cc(-c2cccnc2)n2c1CC(O)C2. The lowest BCUT2D eigenvalue weighted by Crippen LogP contribution is -2.07. The molecule has 4 heteroatoms. The van der Waals surface area contributed by atoms with E-state index in [-0.39, 0.29) is 6.10 Å². The minimum absolute atomic E-state index is 0.381. The summed E-state index contributed by atoms with van der Waals surface area (Å²) >= 11 is 0. The summed E-state index contributed by atoms with van der Waals surface area (Å²) in [6.45, 7) is 0.557. The van der Waals surface area contributed by atoms with Crippen LogP contribution in [0.3, 0.4) is 0 Å². The van der Waals surface area contributed by atoms with Crippen molar-refractivity contribution in [2.45, 2.75) is 19.1 Å². The summed E-state index contributed by atoms with van der Waals surface area (Å²) in [7, 11) is 0. The zero-order chi connectivity index (χ0) is 11.8. The first-order chi connectivity index (χ1) is 8.29. The molecule has 1 unspecified atom stereocenters. The first kappa shape index (κ1) is 10.1. The molecule has 0 saturated heterocycles. The molecule has 2 aromatic rings. The highest BCUT2D eigenvalue weighted by Crippen LogP contribution is 2.30. The smallest absolute Gasteiger partial charge is 0.101 e. The zero-order valence-electron chi connectivity index (χ0n) is 9.17. The molecule has 1 aliphatic heterocycles. The molecule has 0 bridgehead atoms. The van der Waals surface area contributed by atoms with Gasteiger partial charge in [0.25, 0.3) is 0 Å². The molecule has 0 amide bonds. The summed E-state index contributed by atoms with van der Waals surface area (Å²) in [6.07, 6.45) is 3.67.